The average molecular weight is 257 g/mol. The van der Waals surface area contributed by atoms with Gasteiger partial charge in [-0.1, -0.05) is 6.07 Å². The van der Waals surface area contributed by atoms with Crippen molar-refractivity contribution in [2.75, 3.05) is 19.8 Å². The summed E-state index contributed by atoms with van der Waals surface area (Å²) in [4.78, 5) is 0. The number of aliphatic hydroxyl groups excluding tert-OH is 2. The van der Waals surface area contributed by atoms with E-state index in [0.717, 1.165) is 5.56 Å². The Balaban J connectivity index is 2.54. The van der Waals surface area contributed by atoms with Crippen molar-refractivity contribution >= 4 is 0 Å². The summed E-state index contributed by atoms with van der Waals surface area (Å²) < 4.78 is 18.7. The van der Waals surface area contributed by atoms with Gasteiger partial charge in [0.2, 0.25) is 0 Å². The van der Waals surface area contributed by atoms with Gasteiger partial charge in [0.25, 0.3) is 0 Å². The van der Waals surface area contributed by atoms with E-state index in [0.29, 0.717) is 19.6 Å². The third kappa shape index (κ3) is 4.60. The molecule has 102 valence electrons. The summed E-state index contributed by atoms with van der Waals surface area (Å²) in [6.45, 7) is 2.62. The van der Waals surface area contributed by atoms with Crippen molar-refractivity contribution < 1.29 is 19.3 Å². The molecule has 0 heterocycles. The minimum Gasteiger partial charge on any atom is -0.491 e. The van der Waals surface area contributed by atoms with Crippen molar-refractivity contribution in [2.24, 2.45) is 0 Å². The molecule has 0 saturated heterocycles. The summed E-state index contributed by atoms with van der Waals surface area (Å²) in [6, 6.07) is 4.60. The van der Waals surface area contributed by atoms with Crippen LogP contribution in [-0.4, -0.2) is 36.1 Å². The van der Waals surface area contributed by atoms with Crippen LogP contribution >= 0.6 is 0 Å². The van der Waals surface area contributed by atoms with E-state index in [2.05, 4.69) is 5.32 Å². The number of benzene rings is 1. The number of rotatable bonds is 8. The SMILES string of the molecule is CCOc1ccc(CNC(CO)CCO)cc1F. The summed E-state index contributed by atoms with van der Waals surface area (Å²) in [6.07, 6.45) is 0.468. The molecule has 0 fully saturated rings. The van der Waals surface area contributed by atoms with E-state index in [9.17, 15) is 4.39 Å². The zero-order valence-corrected chi connectivity index (χ0v) is 10.5. The Morgan fingerprint density at radius 2 is 2.17 bits per heavy atom. The first-order chi connectivity index (χ1) is 8.71. The number of nitrogens with one attached hydrogen (secondary N) is 1. The van der Waals surface area contributed by atoms with Crippen LogP contribution in [0, 0.1) is 5.82 Å². The minimum absolute atomic E-state index is 0.00979. The molecule has 0 aromatic heterocycles. The fourth-order valence-corrected chi connectivity index (χ4v) is 1.60. The summed E-state index contributed by atoms with van der Waals surface area (Å²) >= 11 is 0. The standard InChI is InChI=1S/C13H20FNO3/c1-2-18-13-4-3-10(7-12(13)14)8-15-11(9-17)5-6-16/h3-4,7,11,15-17H,2,5-6,8-9H2,1H3. The maximum Gasteiger partial charge on any atom is 0.165 e. The first kappa shape index (κ1) is 14.9. The second kappa shape index (κ2) is 8.02. The number of hydrogen-bond donors (Lipinski definition) is 3. The van der Waals surface area contributed by atoms with Crippen LogP contribution in [0.25, 0.3) is 0 Å². The lowest BCUT2D eigenvalue weighted by molar-refractivity contribution is 0.200. The van der Waals surface area contributed by atoms with E-state index in [4.69, 9.17) is 14.9 Å². The van der Waals surface area contributed by atoms with Crippen LogP contribution in [-0.2, 0) is 6.54 Å². The van der Waals surface area contributed by atoms with E-state index in [-0.39, 0.29) is 30.8 Å². The number of aliphatic hydroxyl groups is 2. The van der Waals surface area contributed by atoms with Gasteiger partial charge in [-0.05, 0) is 31.0 Å². The summed E-state index contributed by atoms with van der Waals surface area (Å²) in [5.74, 6) is -0.144. The van der Waals surface area contributed by atoms with Crippen LogP contribution in [0.4, 0.5) is 4.39 Å². The number of halogens is 1. The molecular formula is C13H20FNO3. The molecule has 0 aliphatic heterocycles. The monoisotopic (exact) mass is 257 g/mol. The lowest BCUT2D eigenvalue weighted by atomic mass is 10.1. The Morgan fingerprint density at radius 3 is 2.72 bits per heavy atom. The van der Waals surface area contributed by atoms with Crippen molar-refractivity contribution in [3.05, 3.63) is 29.6 Å². The molecule has 4 nitrogen and oxygen atoms in total. The van der Waals surface area contributed by atoms with Crippen molar-refractivity contribution in [3.8, 4) is 5.75 Å². The molecule has 1 atom stereocenters. The highest BCUT2D eigenvalue weighted by Crippen LogP contribution is 2.18. The molecule has 0 radical (unpaired) electrons. The third-order valence-corrected chi connectivity index (χ3v) is 2.59. The lowest BCUT2D eigenvalue weighted by Gasteiger charge is -2.15. The van der Waals surface area contributed by atoms with Gasteiger partial charge >= 0.3 is 0 Å². The molecule has 0 amide bonds. The Labute approximate surface area is 106 Å². The summed E-state index contributed by atoms with van der Waals surface area (Å²) in [5.41, 5.74) is 0.771. The van der Waals surface area contributed by atoms with E-state index in [1.165, 1.54) is 6.07 Å². The smallest absolute Gasteiger partial charge is 0.165 e. The molecule has 0 bridgehead atoms. The highest BCUT2D eigenvalue weighted by molar-refractivity contribution is 5.29. The van der Waals surface area contributed by atoms with E-state index >= 15 is 0 Å². The molecule has 18 heavy (non-hydrogen) atoms. The summed E-state index contributed by atoms with van der Waals surface area (Å²) in [5, 5.41) is 20.9. The first-order valence-corrected chi connectivity index (χ1v) is 6.07. The Hall–Kier alpha value is -1.17. The molecule has 3 N–H and O–H groups in total. The minimum atomic E-state index is -0.390. The first-order valence-electron chi connectivity index (χ1n) is 6.07. The van der Waals surface area contributed by atoms with Crippen molar-refractivity contribution in [1.29, 1.82) is 0 Å². The van der Waals surface area contributed by atoms with Crippen LogP contribution in [0.15, 0.2) is 18.2 Å². The molecular weight excluding hydrogens is 237 g/mol. The second-order valence-corrected chi connectivity index (χ2v) is 3.97. The number of ether oxygens (including phenoxy) is 1. The van der Waals surface area contributed by atoms with Crippen LogP contribution in [0.1, 0.15) is 18.9 Å². The fourth-order valence-electron chi connectivity index (χ4n) is 1.60. The second-order valence-electron chi connectivity index (χ2n) is 3.97. The van der Waals surface area contributed by atoms with Crippen molar-refractivity contribution in [3.63, 3.8) is 0 Å². The van der Waals surface area contributed by atoms with Gasteiger partial charge in [-0.25, -0.2) is 4.39 Å². The zero-order valence-electron chi connectivity index (χ0n) is 10.5. The molecule has 0 aliphatic carbocycles. The van der Waals surface area contributed by atoms with E-state index < -0.39 is 0 Å². The highest BCUT2D eigenvalue weighted by Gasteiger charge is 2.08. The molecule has 1 rings (SSSR count). The predicted octanol–water partition coefficient (Wildman–Crippen LogP) is 1.06. The van der Waals surface area contributed by atoms with Gasteiger partial charge in [-0.3, -0.25) is 0 Å². The highest BCUT2D eigenvalue weighted by atomic mass is 19.1. The Bertz CT molecular complexity index is 360. The average Bonchev–Trinajstić information content (AvgIpc) is 2.37. The van der Waals surface area contributed by atoms with Gasteiger partial charge in [0.05, 0.1) is 13.2 Å². The van der Waals surface area contributed by atoms with E-state index in [1.807, 2.05) is 0 Å². The van der Waals surface area contributed by atoms with Gasteiger partial charge in [-0.15, -0.1) is 0 Å². The normalized spacial score (nSPS) is 12.4. The van der Waals surface area contributed by atoms with Gasteiger partial charge < -0.3 is 20.3 Å². The van der Waals surface area contributed by atoms with Crippen molar-refractivity contribution in [1.82, 2.24) is 5.32 Å². The van der Waals surface area contributed by atoms with Crippen LogP contribution < -0.4 is 10.1 Å². The summed E-state index contributed by atoms with van der Waals surface area (Å²) in [7, 11) is 0. The maximum atomic E-state index is 13.5. The molecule has 1 aromatic rings. The number of hydrogen-bond acceptors (Lipinski definition) is 4. The molecule has 0 saturated carbocycles. The van der Waals surface area contributed by atoms with Gasteiger partial charge in [0.15, 0.2) is 11.6 Å². The van der Waals surface area contributed by atoms with E-state index in [1.54, 1.807) is 19.1 Å². The maximum absolute atomic E-state index is 13.5. The third-order valence-electron chi connectivity index (χ3n) is 2.59. The molecule has 1 unspecified atom stereocenters. The van der Waals surface area contributed by atoms with Crippen LogP contribution in [0.5, 0.6) is 5.75 Å². The van der Waals surface area contributed by atoms with Gasteiger partial charge in [-0.2, -0.15) is 0 Å². The fraction of sp³-hybridized carbons (Fsp3) is 0.538. The topological polar surface area (TPSA) is 61.7 Å². The Morgan fingerprint density at radius 1 is 1.39 bits per heavy atom. The zero-order chi connectivity index (χ0) is 13.4. The quantitative estimate of drug-likeness (QED) is 0.651. The molecule has 0 aliphatic rings. The Kier molecular flexibility index (Phi) is 6.64. The largest absolute Gasteiger partial charge is 0.491 e. The predicted molar refractivity (Wildman–Crippen MR) is 67.0 cm³/mol. The van der Waals surface area contributed by atoms with Crippen LogP contribution in [0.3, 0.4) is 0 Å². The van der Waals surface area contributed by atoms with Gasteiger partial charge in [0, 0.05) is 19.2 Å². The molecule has 5 heteroatoms. The van der Waals surface area contributed by atoms with Crippen molar-refractivity contribution in [2.45, 2.75) is 25.9 Å². The van der Waals surface area contributed by atoms with Gasteiger partial charge in [0.1, 0.15) is 0 Å². The molecule has 1 aromatic carbocycles. The van der Waals surface area contributed by atoms with Crippen LogP contribution in [0.2, 0.25) is 0 Å². The lowest BCUT2D eigenvalue weighted by Crippen LogP contribution is -2.32. The molecule has 0 spiro atoms.